The van der Waals surface area contributed by atoms with Crippen molar-refractivity contribution in [3.05, 3.63) is 54.3 Å². The first-order valence-electron chi connectivity index (χ1n) is 11.2. The largest absolute Gasteiger partial charge is 0.472 e. The number of hydrogen-bond acceptors (Lipinski definition) is 11. The first-order chi connectivity index (χ1) is 16.6. The fraction of sp³-hybridized carbons (Fsp3) is 0.542. The second-order valence-corrected chi connectivity index (χ2v) is 9.20. The van der Waals surface area contributed by atoms with Crippen molar-refractivity contribution in [2.24, 2.45) is 5.92 Å². The summed E-state index contributed by atoms with van der Waals surface area (Å²) in [7, 11) is 0. The van der Waals surface area contributed by atoms with E-state index in [1.807, 2.05) is 18.2 Å². The summed E-state index contributed by atoms with van der Waals surface area (Å²) < 4.78 is 22.3. The van der Waals surface area contributed by atoms with Gasteiger partial charge in [0.15, 0.2) is 6.29 Å². The highest BCUT2D eigenvalue weighted by Crippen LogP contribution is 2.51. The molecule has 0 bridgehead atoms. The molecule has 35 heavy (non-hydrogen) atoms. The van der Waals surface area contributed by atoms with Crippen LogP contribution < -0.4 is 0 Å². The first-order valence-corrected chi connectivity index (χ1v) is 11.2. The Morgan fingerprint density at radius 3 is 2.51 bits per heavy atom. The van der Waals surface area contributed by atoms with Gasteiger partial charge in [0.2, 0.25) is 6.29 Å². The summed E-state index contributed by atoms with van der Waals surface area (Å²) in [5.74, 6) is -1.90. The zero-order valence-electron chi connectivity index (χ0n) is 19.0. The molecular formula is C24H30O11. The standard InChI is InChI=1S/C24H30O11/c1-23(35-16(27)8-7-13-5-3-2-4-6-13)11-15(26)24(31)9-10-32-22(20(23)24)34-21-19(30)18(29)17(28)14(12-25)33-21/h2-10,14-15,17-22,25-26,28-31H,11-12H2,1H3/b8-7+/t14-,15-,17-,18+,19-,20-,21+,22+,23-,24-/m1/s1. The van der Waals surface area contributed by atoms with Crippen molar-refractivity contribution in [1.82, 2.24) is 0 Å². The molecule has 1 saturated carbocycles. The molecule has 2 fully saturated rings. The van der Waals surface area contributed by atoms with E-state index in [1.54, 1.807) is 18.2 Å². The van der Waals surface area contributed by atoms with Crippen LogP contribution in [0.2, 0.25) is 0 Å². The van der Waals surface area contributed by atoms with Crippen LogP contribution in [0, 0.1) is 5.92 Å². The number of fused-ring (bicyclic) bond motifs is 1. The number of carbonyl (C=O) groups is 1. The van der Waals surface area contributed by atoms with Gasteiger partial charge in [0.1, 0.15) is 35.6 Å². The third-order valence-corrected chi connectivity index (χ3v) is 6.77. The van der Waals surface area contributed by atoms with Crippen LogP contribution in [0.5, 0.6) is 0 Å². The fourth-order valence-corrected chi connectivity index (χ4v) is 4.92. The molecule has 192 valence electrons. The molecule has 0 aromatic heterocycles. The molecule has 2 heterocycles. The number of esters is 1. The lowest BCUT2D eigenvalue weighted by Crippen LogP contribution is -2.62. The van der Waals surface area contributed by atoms with Crippen molar-refractivity contribution in [2.45, 2.75) is 67.6 Å². The van der Waals surface area contributed by atoms with Crippen LogP contribution in [-0.4, -0.2) is 97.5 Å². The van der Waals surface area contributed by atoms with Gasteiger partial charge >= 0.3 is 5.97 Å². The maximum Gasteiger partial charge on any atom is 0.331 e. The fourth-order valence-electron chi connectivity index (χ4n) is 4.92. The van der Waals surface area contributed by atoms with Crippen LogP contribution >= 0.6 is 0 Å². The van der Waals surface area contributed by atoms with Gasteiger partial charge in [-0.05, 0) is 24.6 Å². The van der Waals surface area contributed by atoms with Gasteiger partial charge in [-0.1, -0.05) is 30.3 Å². The molecule has 0 unspecified atom stereocenters. The third kappa shape index (κ3) is 4.86. The average molecular weight is 494 g/mol. The Hall–Kier alpha value is -2.35. The molecule has 1 aliphatic carbocycles. The van der Waals surface area contributed by atoms with Crippen LogP contribution in [0.4, 0.5) is 0 Å². The van der Waals surface area contributed by atoms with E-state index in [1.165, 1.54) is 19.1 Å². The highest BCUT2D eigenvalue weighted by atomic mass is 16.8. The Balaban J connectivity index is 1.55. The summed E-state index contributed by atoms with van der Waals surface area (Å²) in [6, 6.07) is 9.06. The number of carbonyl (C=O) groups excluding carboxylic acids is 1. The predicted molar refractivity (Wildman–Crippen MR) is 118 cm³/mol. The van der Waals surface area contributed by atoms with E-state index >= 15 is 0 Å². The second-order valence-electron chi connectivity index (χ2n) is 9.20. The normalized spacial score (nSPS) is 43.1. The number of aliphatic hydroxyl groups excluding tert-OH is 5. The maximum absolute atomic E-state index is 12.6. The first kappa shape index (κ1) is 25.7. The summed E-state index contributed by atoms with van der Waals surface area (Å²) in [6.07, 6.45) is -5.57. The molecule has 1 aromatic carbocycles. The number of aliphatic hydroxyl groups is 6. The Bertz CT molecular complexity index is 950. The van der Waals surface area contributed by atoms with Gasteiger partial charge in [0, 0.05) is 12.5 Å². The van der Waals surface area contributed by atoms with Gasteiger partial charge in [-0.2, -0.15) is 0 Å². The molecule has 0 amide bonds. The van der Waals surface area contributed by atoms with Gasteiger partial charge in [-0.25, -0.2) is 4.79 Å². The molecule has 11 nitrogen and oxygen atoms in total. The minimum absolute atomic E-state index is 0.151. The van der Waals surface area contributed by atoms with E-state index in [4.69, 9.17) is 18.9 Å². The molecule has 6 N–H and O–H groups in total. The van der Waals surface area contributed by atoms with Crippen molar-refractivity contribution >= 4 is 12.0 Å². The lowest BCUT2D eigenvalue weighted by Gasteiger charge is -2.45. The lowest BCUT2D eigenvalue weighted by molar-refractivity contribution is -0.351. The monoisotopic (exact) mass is 494 g/mol. The smallest absolute Gasteiger partial charge is 0.331 e. The lowest BCUT2D eigenvalue weighted by atomic mass is 9.81. The van der Waals surface area contributed by atoms with Gasteiger partial charge in [-0.15, -0.1) is 0 Å². The predicted octanol–water partition coefficient (Wildman–Crippen LogP) is -1.20. The zero-order chi connectivity index (χ0) is 25.4. The number of ether oxygens (including phenoxy) is 4. The number of rotatable bonds is 6. The van der Waals surface area contributed by atoms with E-state index in [2.05, 4.69) is 0 Å². The Labute approximate surface area is 201 Å². The van der Waals surface area contributed by atoms with Gasteiger partial charge in [0.25, 0.3) is 0 Å². The van der Waals surface area contributed by atoms with Gasteiger partial charge in [-0.3, -0.25) is 0 Å². The summed E-state index contributed by atoms with van der Waals surface area (Å²) in [6.45, 7) is 0.852. The topological polar surface area (TPSA) is 175 Å². The van der Waals surface area contributed by atoms with Crippen molar-refractivity contribution in [2.75, 3.05) is 6.61 Å². The van der Waals surface area contributed by atoms with Crippen LogP contribution in [0.1, 0.15) is 18.9 Å². The molecule has 1 saturated heterocycles. The number of benzene rings is 1. The maximum atomic E-state index is 12.6. The molecule has 1 aromatic rings. The molecule has 2 aliphatic heterocycles. The average Bonchev–Trinajstić information content (AvgIpc) is 3.03. The third-order valence-electron chi connectivity index (χ3n) is 6.77. The van der Waals surface area contributed by atoms with E-state index < -0.39 is 72.8 Å². The summed E-state index contributed by atoms with van der Waals surface area (Å²) in [5, 5.41) is 61.7. The van der Waals surface area contributed by atoms with Crippen LogP contribution in [-0.2, 0) is 23.7 Å². The van der Waals surface area contributed by atoms with E-state index in [0.717, 1.165) is 11.8 Å². The minimum atomic E-state index is -1.91. The van der Waals surface area contributed by atoms with E-state index in [9.17, 15) is 35.4 Å². The highest BCUT2D eigenvalue weighted by Gasteiger charge is 2.66. The van der Waals surface area contributed by atoms with Crippen molar-refractivity contribution in [3.63, 3.8) is 0 Å². The highest BCUT2D eigenvalue weighted by molar-refractivity contribution is 5.87. The Morgan fingerprint density at radius 2 is 1.83 bits per heavy atom. The van der Waals surface area contributed by atoms with Crippen molar-refractivity contribution < 1.29 is 54.4 Å². The quantitative estimate of drug-likeness (QED) is 0.207. The summed E-state index contributed by atoms with van der Waals surface area (Å²) in [4.78, 5) is 12.6. The van der Waals surface area contributed by atoms with Crippen LogP contribution in [0.25, 0.3) is 6.08 Å². The Kier molecular flexibility index (Phi) is 7.32. The van der Waals surface area contributed by atoms with Crippen molar-refractivity contribution in [1.29, 1.82) is 0 Å². The number of hydrogen-bond donors (Lipinski definition) is 6. The Morgan fingerprint density at radius 1 is 1.11 bits per heavy atom. The molecular weight excluding hydrogens is 464 g/mol. The van der Waals surface area contributed by atoms with Crippen LogP contribution in [0.15, 0.2) is 48.7 Å². The molecule has 3 aliphatic rings. The van der Waals surface area contributed by atoms with E-state index in [0.29, 0.717) is 0 Å². The van der Waals surface area contributed by atoms with Crippen LogP contribution in [0.3, 0.4) is 0 Å². The zero-order valence-corrected chi connectivity index (χ0v) is 19.0. The molecule has 11 heteroatoms. The van der Waals surface area contributed by atoms with E-state index in [-0.39, 0.29) is 6.42 Å². The molecule has 0 radical (unpaired) electrons. The summed E-state index contributed by atoms with van der Waals surface area (Å²) in [5.41, 5.74) is -2.62. The molecule has 4 rings (SSSR count). The summed E-state index contributed by atoms with van der Waals surface area (Å²) >= 11 is 0. The van der Waals surface area contributed by atoms with Crippen molar-refractivity contribution in [3.8, 4) is 0 Å². The molecule has 10 atom stereocenters. The molecule has 0 spiro atoms. The van der Waals surface area contributed by atoms with Gasteiger partial charge < -0.3 is 49.6 Å². The SMILES string of the molecule is C[C@@]1(OC(=O)/C=C/c2ccccc2)C[C@@H](O)[C@]2(O)C=CO[C@@H](O[C@@H]3O[C@H](CO)[C@@H](O)[C@H](O)[C@H]3O)[C@@H]21. The van der Waals surface area contributed by atoms with Gasteiger partial charge in [0.05, 0.1) is 24.9 Å². The minimum Gasteiger partial charge on any atom is -0.472 e. The second kappa shape index (κ2) is 9.96.